The van der Waals surface area contributed by atoms with Gasteiger partial charge >= 0.3 is 0 Å². The Balaban J connectivity index is 1.61. The Morgan fingerprint density at radius 1 is 1.03 bits per heavy atom. The third-order valence-corrected chi connectivity index (χ3v) is 5.74. The highest BCUT2D eigenvalue weighted by Gasteiger charge is 2.18. The number of nitrogens with one attached hydrogen (secondary N) is 2. The lowest BCUT2D eigenvalue weighted by Crippen LogP contribution is -2.10. The van der Waals surface area contributed by atoms with E-state index in [1.54, 1.807) is 28.9 Å². The van der Waals surface area contributed by atoms with Crippen LogP contribution in [0.15, 0.2) is 54.6 Å². The number of carbonyl (C=O) groups excluding carboxylic acids is 2. The van der Waals surface area contributed by atoms with E-state index in [4.69, 9.17) is 11.6 Å². The van der Waals surface area contributed by atoms with Crippen LogP contribution in [0.5, 0.6) is 0 Å². The molecule has 4 rings (SSSR count). The number of hydrogen-bond acceptors (Lipinski definition) is 4. The lowest BCUT2D eigenvalue weighted by Gasteiger charge is -2.06. The first kappa shape index (κ1) is 19.2. The molecule has 0 fully saturated rings. The lowest BCUT2D eigenvalue weighted by molar-refractivity contribution is -0.114. The highest BCUT2D eigenvalue weighted by molar-refractivity contribution is 7.20. The molecule has 146 valence electrons. The Morgan fingerprint density at radius 2 is 1.69 bits per heavy atom. The van der Waals surface area contributed by atoms with Crippen molar-refractivity contribution in [1.29, 1.82) is 0 Å². The fourth-order valence-electron chi connectivity index (χ4n) is 2.98. The molecule has 2 aromatic carbocycles. The summed E-state index contributed by atoms with van der Waals surface area (Å²) in [7, 11) is 0. The molecule has 0 saturated heterocycles. The zero-order valence-corrected chi connectivity index (χ0v) is 17.3. The first-order valence-electron chi connectivity index (χ1n) is 8.85. The number of para-hydroxylation sites is 1. The number of rotatable bonds is 4. The number of aromatic nitrogens is 2. The molecule has 0 spiro atoms. The standard InChI is InChI=1S/C21H17ClN4O2S/c1-12-16-11-19(20(28)24-15-9-7-14(8-10-15)23-13(2)27)29-21(16)26(25-12)18-6-4-3-5-17(18)22/h3-11H,1-2H3,(H,23,27)(H,24,28). The van der Waals surface area contributed by atoms with E-state index in [2.05, 4.69) is 15.7 Å². The van der Waals surface area contributed by atoms with Crippen molar-refractivity contribution in [2.24, 2.45) is 0 Å². The second kappa shape index (κ2) is 7.69. The van der Waals surface area contributed by atoms with Crippen LogP contribution in [0, 0.1) is 6.92 Å². The number of anilines is 2. The maximum absolute atomic E-state index is 12.7. The van der Waals surface area contributed by atoms with Gasteiger partial charge in [-0.1, -0.05) is 23.7 Å². The minimum absolute atomic E-state index is 0.144. The molecule has 0 atom stereocenters. The quantitative estimate of drug-likeness (QED) is 0.469. The van der Waals surface area contributed by atoms with Crippen molar-refractivity contribution in [3.63, 3.8) is 0 Å². The maximum Gasteiger partial charge on any atom is 0.265 e. The predicted octanol–water partition coefficient (Wildman–Crippen LogP) is 5.26. The van der Waals surface area contributed by atoms with Gasteiger partial charge in [0.2, 0.25) is 5.91 Å². The van der Waals surface area contributed by atoms with Crippen molar-refractivity contribution >= 4 is 56.3 Å². The van der Waals surface area contributed by atoms with E-state index >= 15 is 0 Å². The summed E-state index contributed by atoms with van der Waals surface area (Å²) >= 11 is 7.69. The van der Waals surface area contributed by atoms with Crippen LogP contribution in [-0.2, 0) is 4.79 Å². The smallest absolute Gasteiger partial charge is 0.265 e. The number of fused-ring (bicyclic) bond motifs is 1. The topological polar surface area (TPSA) is 76.0 Å². The van der Waals surface area contributed by atoms with Crippen molar-refractivity contribution in [2.45, 2.75) is 13.8 Å². The molecule has 2 N–H and O–H groups in total. The average molecular weight is 425 g/mol. The molecular weight excluding hydrogens is 408 g/mol. The highest BCUT2D eigenvalue weighted by atomic mass is 35.5. The summed E-state index contributed by atoms with van der Waals surface area (Å²) in [5.74, 6) is -0.349. The zero-order chi connectivity index (χ0) is 20.5. The number of thiophene rings is 1. The SMILES string of the molecule is CC(=O)Nc1ccc(NC(=O)c2cc3c(C)nn(-c4ccccc4Cl)c3s2)cc1. The molecule has 4 aromatic rings. The van der Waals surface area contributed by atoms with Gasteiger partial charge in [-0.25, -0.2) is 4.68 Å². The summed E-state index contributed by atoms with van der Waals surface area (Å²) in [6, 6.07) is 16.3. The Morgan fingerprint density at radius 3 is 2.34 bits per heavy atom. The summed E-state index contributed by atoms with van der Waals surface area (Å²) in [6.07, 6.45) is 0. The van der Waals surface area contributed by atoms with Crippen LogP contribution in [0.4, 0.5) is 11.4 Å². The molecule has 8 heteroatoms. The van der Waals surface area contributed by atoms with Crippen molar-refractivity contribution < 1.29 is 9.59 Å². The second-order valence-corrected chi connectivity index (χ2v) is 7.93. The molecule has 0 aliphatic heterocycles. The normalized spacial score (nSPS) is 10.9. The van der Waals surface area contributed by atoms with Gasteiger partial charge in [-0.3, -0.25) is 9.59 Å². The molecule has 0 aliphatic carbocycles. The average Bonchev–Trinajstić information content (AvgIpc) is 3.24. The summed E-state index contributed by atoms with van der Waals surface area (Å²) < 4.78 is 1.77. The molecule has 0 aliphatic rings. The van der Waals surface area contributed by atoms with Crippen molar-refractivity contribution in [1.82, 2.24) is 9.78 Å². The third-order valence-electron chi connectivity index (χ3n) is 4.31. The van der Waals surface area contributed by atoms with E-state index in [1.807, 2.05) is 37.3 Å². The van der Waals surface area contributed by atoms with E-state index in [1.165, 1.54) is 18.3 Å². The van der Waals surface area contributed by atoms with Crippen molar-refractivity contribution in [2.75, 3.05) is 10.6 Å². The van der Waals surface area contributed by atoms with Crippen LogP contribution in [0.1, 0.15) is 22.3 Å². The number of carbonyl (C=O) groups is 2. The Labute approximate surface area is 176 Å². The molecule has 6 nitrogen and oxygen atoms in total. The van der Waals surface area contributed by atoms with Crippen LogP contribution >= 0.6 is 22.9 Å². The minimum atomic E-state index is -0.205. The molecule has 0 bridgehead atoms. The van der Waals surface area contributed by atoms with Crippen LogP contribution in [0.2, 0.25) is 5.02 Å². The molecular formula is C21H17ClN4O2S. The number of amides is 2. The number of halogens is 1. The Hall–Kier alpha value is -3.16. The monoisotopic (exact) mass is 424 g/mol. The number of hydrogen-bond donors (Lipinski definition) is 2. The molecule has 0 radical (unpaired) electrons. The van der Waals surface area contributed by atoms with Crippen LogP contribution < -0.4 is 10.6 Å². The first-order chi connectivity index (χ1) is 13.9. The third kappa shape index (κ3) is 3.87. The summed E-state index contributed by atoms with van der Waals surface area (Å²) in [5, 5.41) is 11.7. The van der Waals surface area contributed by atoms with E-state index in [9.17, 15) is 9.59 Å². The maximum atomic E-state index is 12.7. The van der Waals surface area contributed by atoms with E-state index in [0.717, 1.165) is 21.6 Å². The zero-order valence-electron chi connectivity index (χ0n) is 15.7. The fraction of sp³-hybridized carbons (Fsp3) is 0.0952. The molecule has 0 saturated carbocycles. The van der Waals surface area contributed by atoms with Crippen molar-refractivity contribution in [3.05, 3.63) is 70.2 Å². The van der Waals surface area contributed by atoms with Crippen molar-refractivity contribution in [3.8, 4) is 5.69 Å². The summed E-state index contributed by atoms with van der Waals surface area (Å²) in [6.45, 7) is 3.35. The van der Waals surface area contributed by atoms with Crippen LogP contribution in [0.3, 0.4) is 0 Å². The van der Waals surface area contributed by atoms with Gasteiger partial charge in [-0.2, -0.15) is 5.10 Å². The second-order valence-electron chi connectivity index (χ2n) is 6.49. The van der Waals surface area contributed by atoms with Gasteiger partial charge in [-0.05, 0) is 49.4 Å². The summed E-state index contributed by atoms with van der Waals surface area (Å²) in [5.41, 5.74) is 2.92. The van der Waals surface area contributed by atoms with Gasteiger partial charge in [0.05, 0.1) is 21.3 Å². The molecule has 2 amide bonds. The molecule has 29 heavy (non-hydrogen) atoms. The van der Waals surface area contributed by atoms with Gasteiger partial charge in [0, 0.05) is 23.7 Å². The fourth-order valence-corrected chi connectivity index (χ4v) is 4.27. The van der Waals surface area contributed by atoms with Gasteiger partial charge in [0.25, 0.3) is 5.91 Å². The highest BCUT2D eigenvalue weighted by Crippen LogP contribution is 2.32. The van der Waals surface area contributed by atoms with E-state index in [-0.39, 0.29) is 11.8 Å². The minimum Gasteiger partial charge on any atom is -0.326 e. The van der Waals surface area contributed by atoms with Gasteiger partial charge < -0.3 is 10.6 Å². The Bertz CT molecular complexity index is 1230. The lowest BCUT2D eigenvalue weighted by atomic mass is 10.2. The summed E-state index contributed by atoms with van der Waals surface area (Å²) in [4.78, 5) is 25.3. The molecule has 2 aromatic heterocycles. The first-order valence-corrected chi connectivity index (χ1v) is 10.0. The van der Waals surface area contributed by atoms with E-state index in [0.29, 0.717) is 21.3 Å². The predicted molar refractivity (Wildman–Crippen MR) is 117 cm³/mol. The van der Waals surface area contributed by atoms with Gasteiger partial charge in [0.15, 0.2) is 0 Å². The van der Waals surface area contributed by atoms with Crippen LogP contribution in [0.25, 0.3) is 15.9 Å². The van der Waals surface area contributed by atoms with Gasteiger partial charge in [0.1, 0.15) is 4.83 Å². The largest absolute Gasteiger partial charge is 0.326 e. The van der Waals surface area contributed by atoms with Gasteiger partial charge in [-0.15, -0.1) is 11.3 Å². The molecule has 2 heterocycles. The number of benzene rings is 2. The Kier molecular flexibility index (Phi) is 5.08. The van der Waals surface area contributed by atoms with Crippen LogP contribution in [-0.4, -0.2) is 21.6 Å². The molecule has 0 unspecified atom stereocenters. The van der Waals surface area contributed by atoms with E-state index < -0.39 is 0 Å². The number of nitrogens with zero attached hydrogens (tertiary/aromatic N) is 2. The number of aryl methyl sites for hydroxylation is 1.